The average Bonchev–Trinajstić information content (AvgIpc) is 2.62. The lowest BCUT2D eigenvalue weighted by Crippen LogP contribution is -2.50. The summed E-state index contributed by atoms with van der Waals surface area (Å²) < 4.78 is 0. The maximum atomic E-state index is 13.3. The van der Waals surface area contributed by atoms with Gasteiger partial charge in [-0.2, -0.15) is 0 Å². The Balaban J connectivity index is 2.32. The summed E-state index contributed by atoms with van der Waals surface area (Å²) in [5.74, 6) is -0.122. The number of aryl methyl sites for hydroxylation is 2. The largest absolute Gasteiger partial charge is 0.352 e. The van der Waals surface area contributed by atoms with Crippen molar-refractivity contribution in [3.63, 3.8) is 0 Å². The van der Waals surface area contributed by atoms with Crippen molar-refractivity contribution in [3.8, 4) is 0 Å². The van der Waals surface area contributed by atoms with Gasteiger partial charge in [0.25, 0.3) is 0 Å². The molecule has 2 aromatic rings. The van der Waals surface area contributed by atoms with Crippen LogP contribution < -0.4 is 5.32 Å². The molecular weight excluding hydrogens is 348 g/mol. The van der Waals surface area contributed by atoms with Crippen LogP contribution in [0.4, 0.5) is 0 Å². The Hall–Kier alpha value is -2.62. The van der Waals surface area contributed by atoms with E-state index in [2.05, 4.69) is 5.32 Å². The van der Waals surface area contributed by atoms with Gasteiger partial charge in [-0.3, -0.25) is 9.59 Å². The van der Waals surface area contributed by atoms with Crippen molar-refractivity contribution < 1.29 is 9.59 Å². The molecule has 0 aliphatic rings. The van der Waals surface area contributed by atoms with Gasteiger partial charge in [0.2, 0.25) is 11.8 Å². The molecule has 0 spiro atoms. The van der Waals surface area contributed by atoms with Gasteiger partial charge in [0.15, 0.2) is 0 Å². The third-order valence-corrected chi connectivity index (χ3v) is 4.86. The van der Waals surface area contributed by atoms with E-state index in [9.17, 15) is 9.59 Å². The normalized spacial score (nSPS) is 11.9. The van der Waals surface area contributed by atoms with Crippen molar-refractivity contribution in [2.45, 2.75) is 66.1 Å². The highest BCUT2D eigenvalue weighted by atomic mass is 16.2. The minimum Gasteiger partial charge on any atom is -0.352 e. The van der Waals surface area contributed by atoms with Crippen LogP contribution in [0.3, 0.4) is 0 Å². The molecule has 28 heavy (non-hydrogen) atoms. The highest BCUT2D eigenvalue weighted by molar-refractivity contribution is 5.88. The molecule has 0 saturated carbocycles. The molecule has 4 nitrogen and oxygen atoms in total. The van der Waals surface area contributed by atoms with Crippen LogP contribution in [0.1, 0.15) is 49.4 Å². The van der Waals surface area contributed by atoms with Gasteiger partial charge >= 0.3 is 0 Å². The average molecular weight is 381 g/mol. The molecule has 0 aromatic heterocycles. The molecule has 4 heteroatoms. The third-order valence-electron chi connectivity index (χ3n) is 4.86. The van der Waals surface area contributed by atoms with Gasteiger partial charge in [0, 0.05) is 12.6 Å². The second kappa shape index (κ2) is 10.1. The van der Waals surface area contributed by atoms with E-state index in [0.29, 0.717) is 19.4 Å². The van der Waals surface area contributed by atoms with Crippen LogP contribution in [-0.2, 0) is 22.6 Å². The summed E-state index contributed by atoms with van der Waals surface area (Å²) in [5, 5.41) is 2.97. The van der Waals surface area contributed by atoms with Crippen LogP contribution in [0.25, 0.3) is 0 Å². The third kappa shape index (κ3) is 5.95. The molecule has 0 unspecified atom stereocenters. The van der Waals surface area contributed by atoms with Gasteiger partial charge in [0.05, 0.1) is 6.42 Å². The van der Waals surface area contributed by atoms with Crippen LogP contribution in [0, 0.1) is 13.8 Å². The fourth-order valence-corrected chi connectivity index (χ4v) is 3.37. The molecule has 2 aromatic carbocycles. The van der Waals surface area contributed by atoms with Crippen molar-refractivity contribution in [3.05, 3.63) is 70.8 Å². The number of nitrogens with zero attached hydrogens (tertiary/aromatic N) is 1. The summed E-state index contributed by atoms with van der Waals surface area (Å²) in [5.41, 5.74) is 4.28. The van der Waals surface area contributed by atoms with Gasteiger partial charge in [-0.1, -0.05) is 61.0 Å². The SMILES string of the molecule is CC[C@H](C(=O)NC(C)C)N(Cc1ccccc1C)C(=O)Cc1cccc(C)c1. The van der Waals surface area contributed by atoms with Crippen LogP contribution >= 0.6 is 0 Å². The van der Waals surface area contributed by atoms with Crippen molar-refractivity contribution in [1.29, 1.82) is 0 Å². The first-order chi connectivity index (χ1) is 13.3. The van der Waals surface area contributed by atoms with Crippen LogP contribution in [0.15, 0.2) is 48.5 Å². The first kappa shape index (κ1) is 21.7. The van der Waals surface area contributed by atoms with E-state index in [0.717, 1.165) is 22.3 Å². The summed E-state index contributed by atoms with van der Waals surface area (Å²) >= 11 is 0. The Bertz CT molecular complexity index is 814. The molecule has 0 aliphatic heterocycles. The molecule has 2 rings (SSSR count). The molecule has 0 fully saturated rings. The maximum absolute atomic E-state index is 13.3. The Kier molecular flexibility index (Phi) is 7.80. The minimum atomic E-state index is -0.487. The Morgan fingerprint density at radius 2 is 1.75 bits per heavy atom. The highest BCUT2D eigenvalue weighted by Crippen LogP contribution is 2.17. The molecule has 0 heterocycles. The Labute approximate surface area is 169 Å². The smallest absolute Gasteiger partial charge is 0.243 e. The molecule has 1 N–H and O–H groups in total. The monoisotopic (exact) mass is 380 g/mol. The van der Waals surface area contributed by atoms with Crippen molar-refractivity contribution in [2.24, 2.45) is 0 Å². The number of rotatable bonds is 8. The van der Waals surface area contributed by atoms with E-state index < -0.39 is 6.04 Å². The lowest BCUT2D eigenvalue weighted by Gasteiger charge is -2.31. The maximum Gasteiger partial charge on any atom is 0.243 e. The van der Waals surface area contributed by atoms with Gasteiger partial charge in [-0.05, 0) is 50.8 Å². The Morgan fingerprint density at radius 3 is 2.36 bits per heavy atom. The second-order valence-electron chi connectivity index (χ2n) is 7.70. The summed E-state index contributed by atoms with van der Waals surface area (Å²) in [6.07, 6.45) is 0.864. The molecular formula is C24H32N2O2. The topological polar surface area (TPSA) is 49.4 Å². The molecule has 1 atom stereocenters. The minimum absolute atomic E-state index is 0.0281. The van der Waals surface area contributed by atoms with Crippen LogP contribution in [0.5, 0.6) is 0 Å². The predicted molar refractivity (Wildman–Crippen MR) is 114 cm³/mol. The number of nitrogens with one attached hydrogen (secondary N) is 1. The fraction of sp³-hybridized carbons (Fsp3) is 0.417. The molecule has 0 aliphatic carbocycles. The van der Waals surface area contributed by atoms with Crippen LogP contribution in [-0.4, -0.2) is 28.8 Å². The lowest BCUT2D eigenvalue weighted by molar-refractivity contribution is -0.141. The van der Waals surface area contributed by atoms with E-state index in [4.69, 9.17) is 0 Å². The van der Waals surface area contributed by atoms with Crippen molar-refractivity contribution in [1.82, 2.24) is 10.2 Å². The quantitative estimate of drug-likeness (QED) is 0.747. The number of hydrogen-bond donors (Lipinski definition) is 1. The van der Waals surface area contributed by atoms with Gasteiger partial charge in [-0.15, -0.1) is 0 Å². The second-order valence-corrected chi connectivity index (χ2v) is 7.70. The van der Waals surface area contributed by atoms with Gasteiger partial charge in [-0.25, -0.2) is 0 Å². The molecule has 0 saturated heterocycles. The highest BCUT2D eigenvalue weighted by Gasteiger charge is 2.29. The Morgan fingerprint density at radius 1 is 1.04 bits per heavy atom. The number of carbonyl (C=O) groups excluding carboxylic acids is 2. The van der Waals surface area contributed by atoms with Crippen molar-refractivity contribution >= 4 is 11.8 Å². The first-order valence-corrected chi connectivity index (χ1v) is 10.0. The van der Waals surface area contributed by atoms with E-state index in [1.165, 1.54) is 0 Å². The van der Waals surface area contributed by atoms with E-state index >= 15 is 0 Å². The number of amides is 2. The molecule has 0 bridgehead atoms. The summed E-state index contributed by atoms with van der Waals surface area (Å²) in [6.45, 7) is 10.3. The predicted octanol–water partition coefficient (Wildman–Crippen LogP) is 4.18. The molecule has 150 valence electrons. The fourth-order valence-electron chi connectivity index (χ4n) is 3.37. The standard InChI is InChI=1S/C24H32N2O2/c1-6-22(24(28)25-17(2)3)26(16-21-13-8-7-11-19(21)5)23(27)15-20-12-9-10-18(4)14-20/h7-14,17,22H,6,15-16H2,1-5H3,(H,25,28)/t22-/m1/s1. The summed E-state index contributed by atoms with van der Waals surface area (Å²) in [6, 6.07) is 15.5. The van der Waals surface area contributed by atoms with Crippen molar-refractivity contribution in [2.75, 3.05) is 0 Å². The number of carbonyl (C=O) groups is 2. The van der Waals surface area contributed by atoms with Crippen LogP contribution in [0.2, 0.25) is 0 Å². The van der Waals surface area contributed by atoms with E-state index in [-0.39, 0.29) is 17.9 Å². The van der Waals surface area contributed by atoms with Gasteiger partial charge in [0.1, 0.15) is 6.04 Å². The lowest BCUT2D eigenvalue weighted by atomic mass is 10.0. The zero-order valence-electron chi connectivity index (χ0n) is 17.7. The molecule has 2 amide bonds. The van der Waals surface area contributed by atoms with Gasteiger partial charge < -0.3 is 10.2 Å². The summed E-state index contributed by atoms with van der Waals surface area (Å²) in [7, 11) is 0. The van der Waals surface area contributed by atoms with E-state index in [1.807, 2.05) is 83.1 Å². The molecule has 0 radical (unpaired) electrons. The summed E-state index contributed by atoms with van der Waals surface area (Å²) in [4.78, 5) is 27.8. The first-order valence-electron chi connectivity index (χ1n) is 10.0. The zero-order valence-corrected chi connectivity index (χ0v) is 17.7. The number of benzene rings is 2. The van der Waals surface area contributed by atoms with E-state index in [1.54, 1.807) is 4.90 Å². The zero-order chi connectivity index (χ0) is 20.7. The number of hydrogen-bond acceptors (Lipinski definition) is 2.